The third kappa shape index (κ3) is 3.99. The summed E-state index contributed by atoms with van der Waals surface area (Å²) in [4.78, 5) is 0. The van der Waals surface area contributed by atoms with E-state index in [2.05, 4.69) is 31.2 Å². The highest BCUT2D eigenvalue weighted by molar-refractivity contribution is 5.42. The molecule has 3 nitrogen and oxygen atoms in total. The van der Waals surface area contributed by atoms with Gasteiger partial charge in [0, 0.05) is 17.7 Å². The number of methoxy groups -OCH3 is 1. The van der Waals surface area contributed by atoms with E-state index >= 15 is 0 Å². The first kappa shape index (κ1) is 15.4. The van der Waals surface area contributed by atoms with Crippen molar-refractivity contribution < 1.29 is 9.47 Å². The van der Waals surface area contributed by atoms with Crippen LogP contribution in [-0.4, -0.2) is 7.11 Å². The maximum Gasteiger partial charge on any atom is 0.128 e. The fourth-order valence-electron chi connectivity index (χ4n) is 2.18. The smallest absolute Gasteiger partial charge is 0.128 e. The van der Waals surface area contributed by atoms with Crippen LogP contribution in [0.25, 0.3) is 0 Å². The molecule has 0 aliphatic rings. The molecule has 0 amide bonds. The van der Waals surface area contributed by atoms with E-state index in [-0.39, 0.29) is 6.04 Å². The van der Waals surface area contributed by atoms with Crippen molar-refractivity contribution in [3.05, 3.63) is 59.2 Å². The van der Waals surface area contributed by atoms with Crippen molar-refractivity contribution in [1.29, 1.82) is 0 Å². The van der Waals surface area contributed by atoms with Gasteiger partial charge in [0.25, 0.3) is 0 Å². The molecule has 2 aromatic carbocycles. The Bertz CT molecular complexity index is 576. The van der Waals surface area contributed by atoms with Crippen molar-refractivity contribution in [1.82, 2.24) is 0 Å². The zero-order valence-electron chi connectivity index (χ0n) is 12.9. The van der Waals surface area contributed by atoms with Crippen LogP contribution >= 0.6 is 0 Å². The number of hydrogen-bond acceptors (Lipinski definition) is 3. The third-order valence-corrected chi connectivity index (χ3v) is 3.54. The Morgan fingerprint density at radius 1 is 1.05 bits per heavy atom. The minimum absolute atomic E-state index is 0.0756. The molecule has 0 saturated heterocycles. The summed E-state index contributed by atoms with van der Waals surface area (Å²) < 4.78 is 11.2. The second kappa shape index (κ2) is 7.14. The van der Waals surface area contributed by atoms with Crippen molar-refractivity contribution in [2.75, 3.05) is 7.11 Å². The van der Waals surface area contributed by atoms with Gasteiger partial charge in [0.2, 0.25) is 0 Å². The van der Waals surface area contributed by atoms with E-state index in [1.807, 2.05) is 25.1 Å². The van der Waals surface area contributed by atoms with Gasteiger partial charge in [-0.15, -0.1) is 0 Å². The average molecular weight is 285 g/mol. The number of hydrogen-bond donors (Lipinski definition) is 1. The Morgan fingerprint density at radius 3 is 2.29 bits per heavy atom. The molecule has 0 aromatic heterocycles. The summed E-state index contributed by atoms with van der Waals surface area (Å²) in [6.45, 7) is 4.62. The van der Waals surface area contributed by atoms with Crippen LogP contribution in [0.4, 0.5) is 0 Å². The Balaban J connectivity index is 2.13. The van der Waals surface area contributed by atoms with Crippen LogP contribution in [0.5, 0.6) is 11.5 Å². The van der Waals surface area contributed by atoms with Crippen LogP contribution in [0, 0.1) is 0 Å². The lowest BCUT2D eigenvalue weighted by atomic mass is 10.1. The third-order valence-electron chi connectivity index (χ3n) is 3.54. The number of rotatable bonds is 6. The number of ether oxygens (including phenoxy) is 2. The van der Waals surface area contributed by atoms with Gasteiger partial charge >= 0.3 is 0 Å². The fraction of sp³-hybridized carbons (Fsp3) is 0.333. The highest BCUT2D eigenvalue weighted by atomic mass is 16.5. The summed E-state index contributed by atoms with van der Waals surface area (Å²) in [6.07, 6.45) is 1.05. The first-order chi connectivity index (χ1) is 10.1. The molecular formula is C18H23NO2. The summed E-state index contributed by atoms with van der Waals surface area (Å²) in [6, 6.07) is 14.1. The van der Waals surface area contributed by atoms with E-state index in [4.69, 9.17) is 15.2 Å². The van der Waals surface area contributed by atoms with Gasteiger partial charge in [-0.2, -0.15) is 0 Å². The van der Waals surface area contributed by atoms with Gasteiger partial charge in [-0.3, -0.25) is 0 Å². The van der Waals surface area contributed by atoms with Crippen LogP contribution in [0.15, 0.2) is 42.5 Å². The maximum absolute atomic E-state index is 5.99. The van der Waals surface area contributed by atoms with Crippen molar-refractivity contribution >= 4 is 0 Å². The molecule has 0 fully saturated rings. The number of aryl methyl sites for hydroxylation is 1. The highest BCUT2D eigenvalue weighted by Gasteiger charge is 2.10. The van der Waals surface area contributed by atoms with Gasteiger partial charge in [0.15, 0.2) is 0 Å². The van der Waals surface area contributed by atoms with Gasteiger partial charge < -0.3 is 15.2 Å². The minimum Gasteiger partial charge on any atom is -0.497 e. The van der Waals surface area contributed by atoms with Crippen LogP contribution in [-0.2, 0) is 13.0 Å². The van der Waals surface area contributed by atoms with Crippen LogP contribution < -0.4 is 15.2 Å². The second-order valence-corrected chi connectivity index (χ2v) is 5.15. The van der Waals surface area contributed by atoms with Crippen molar-refractivity contribution in [2.45, 2.75) is 32.9 Å². The standard InChI is InChI=1S/C18H23NO2/c1-4-14-5-7-15(8-6-14)12-21-18-11-16(20-3)9-10-17(18)13(2)19/h5-11,13H,4,12,19H2,1-3H3. The summed E-state index contributed by atoms with van der Waals surface area (Å²) in [5.41, 5.74) is 9.45. The lowest BCUT2D eigenvalue weighted by molar-refractivity contribution is 0.299. The number of nitrogens with two attached hydrogens (primary N) is 1. The van der Waals surface area contributed by atoms with E-state index in [9.17, 15) is 0 Å². The van der Waals surface area contributed by atoms with E-state index < -0.39 is 0 Å². The molecular weight excluding hydrogens is 262 g/mol. The first-order valence-corrected chi connectivity index (χ1v) is 7.28. The molecule has 1 unspecified atom stereocenters. The fourth-order valence-corrected chi connectivity index (χ4v) is 2.18. The summed E-state index contributed by atoms with van der Waals surface area (Å²) in [7, 11) is 1.65. The molecule has 0 radical (unpaired) electrons. The Kier molecular flexibility index (Phi) is 5.23. The Labute approximate surface area is 126 Å². The van der Waals surface area contributed by atoms with Gasteiger partial charge in [0.1, 0.15) is 18.1 Å². The predicted octanol–water partition coefficient (Wildman–Crippen LogP) is 3.86. The molecule has 0 saturated carbocycles. The lowest BCUT2D eigenvalue weighted by Crippen LogP contribution is -2.08. The molecule has 2 aromatic rings. The Hall–Kier alpha value is -2.00. The van der Waals surface area contributed by atoms with Crippen LogP contribution in [0.3, 0.4) is 0 Å². The number of benzene rings is 2. The van der Waals surface area contributed by atoms with Gasteiger partial charge in [-0.05, 0) is 30.5 Å². The zero-order chi connectivity index (χ0) is 15.2. The average Bonchev–Trinajstić information content (AvgIpc) is 2.52. The molecule has 2 N–H and O–H groups in total. The molecule has 0 spiro atoms. The summed E-state index contributed by atoms with van der Waals surface area (Å²) >= 11 is 0. The van der Waals surface area contributed by atoms with E-state index in [1.165, 1.54) is 5.56 Å². The topological polar surface area (TPSA) is 44.5 Å². The molecule has 0 heterocycles. The molecule has 3 heteroatoms. The van der Waals surface area contributed by atoms with Gasteiger partial charge in [-0.25, -0.2) is 0 Å². The molecule has 1 atom stereocenters. The molecule has 2 rings (SSSR count). The second-order valence-electron chi connectivity index (χ2n) is 5.15. The SMILES string of the molecule is CCc1ccc(COc2cc(OC)ccc2C(C)N)cc1. The van der Waals surface area contributed by atoms with Crippen molar-refractivity contribution in [2.24, 2.45) is 5.73 Å². The largest absolute Gasteiger partial charge is 0.497 e. The molecule has 0 aliphatic heterocycles. The molecule has 0 aliphatic carbocycles. The Morgan fingerprint density at radius 2 is 1.71 bits per heavy atom. The summed E-state index contributed by atoms with van der Waals surface area (Å²) in [5.74, 6) is 1.56. The van der Waals surface area contributed by atoms with Crippen LogP contribution in [0.1, 0.15) is 36.6 Å². The predicted molar refractivity (Wildman–Crippen MR) is 85.7 cm³/mol. The first-order valence-electron chi connectivity index (χ1n) is 7.28. The highest BCUT2D eigenvalue weighted by Crippen LogP contribution is 2.29. The van der Waals surface area contributed by atoms with E-state index in [0.29, 0.717) is 6.61 Å². The lowest BCUT2D eigenvalue weighted by Gasteiger charge is -2.15. The van der Waals surface area contributed by atoms with E-state index in [1.54, 1.807) is 7.11 Å². The molecule has 0 bridgehead atoms. The quantitative estimate of drug-likeness (QED) is 0.876. The van der Waals surface area contributed by atoms with Crippen molar-refractivity contribution in [3.63, 3.8) is 0 Å². The minimum atomic E-state index is -0.0756. The maximum atomic E-state index is 5.99. The molecule has 21 heavy (non-hydrogen) atoms. The van der Waals surface area contributed by atoms with Gasteiger partial charge in [0.05, 0.1) is 7.11 Å². The van der Waals surface area contributed by atoms with Crippen molar-refractivity contribution in [3.8, 4) is 11.5 Å². The summed E-state index contributed by atoms with van der Waals surface area (Å²) in [5, 5.41) is 0. The van der Waals surface area contributed by atoms with E-state index in [0.717, 1.165) is 29.0 Å². The van der Waals surface area contributed by atoms with Crippen LogP contribution in [0.2, 0.25) is 0 Å². The molecule has 112 valence electrons. The zero-order valence-corrected chi connectivity index (χ0v) is 12.9. The monoisotopic (exact) mass is 285 g/mol. The normalized spacial score (nSPS) is 12.0. The van der Waals surface area contributed by atoms with Gasteiger partial charge in [-0.1, -0.05) is 37.3 Å².